The monoisotopic (exact) mass is 508 g/mol. The Labute approximate surface area is 215 Å². The number of benzene rings is 2. The van der Waals surface area contributed by atoms with Crippen molar-refractivity contribution in [1.82, 2.24) is 0 Å². The second-order valence-electron chi connectivity index (χ2n) is 8.76. The lowest BCUT2D eigenvalue weighted by Gasteiger charge is -2.09. The van der Waals surface area contributed by atoms with Crippen molar-refractivity contribution in [1.29, 1.82) is 0 Å². The molecule has 37 heavy (non-hydrogen) atoms. The molecular formula is C29H32O8. The number of hydrogen-bond donors (Lipinski definition) is 1. The molecule has 4 rings (SSSR count). The van der Waals surface area contributed by atoms with Crippen molar-refractivity contribution in [2.45, 2.75) is 45.6 Å². The van der Waals surface area contributed by atoms with Gasteiger partial charge in [-0.05, 0) is 74.4 Å². The molecule has 0 saturated heterocycles. The van der Waals surface area contributed by atoms with Crippen LogP contribution in [0, 0.1) is 0 Å². The third kappa shape index (κ3) is 5.64. The topological polar surface area (TPSA) is 104 Å². The standard InChI is InChI=1S/C29H32O8/c1-4-35-28(31)22-9-5-8-21(22)27-25(23-15-19(17-30)16-24(34-3)26(23)37-27)29(32)36-14-6-7-18-10-12-20(33-2)13-11-18/h10-13,15-16,30H,4-9,14,17H2,1-3H3. The largest absolute Gasteiger partial charge is 0.497 e. The van der Waals surface area contributed by atoms with Gasteiger partial charge in [0.2, 0.25) is 0 Å². The minimum atomic E-state index is -0.553. The van der Waals surface area contributed by atoms with E-state index >= 15 is 0 Å². The first kappa shape index (κ1) is 26.3. The van der Waals surface area contributed by atoms with Gasteiger partial charge in [0.05, 0.1) is 34.0 Å². The highest BCUT2D eigenvalue weighted by Crippen LogP contribution is 2.43. The Morgan fingerprint density at radius 1 is 0.973 bits per heavy atom. The van der Waals surface area contributed by atoms with Crippen LogP contribution in [0.1, 0.15) is 59.9 Å². The molecular weight excluding hydrogens is 476 g/mol. The zero-order chi connectivity index (χ0) is 26.4. The first-order valence-corrected chi connectivity index (χ1v) is 12.4. The number of aliphatic hydroxyl groups excluding tert-OH is 1. The molecule has 1 aliphatic carbocycles. The third-order valence-corrected chi connectivity index (χ3v) is 6.44. The van der Waals surface area contributed by atoms with Gasteiger partial charge < -0.3 is 28.5 Å². The summed E-state index contributed by atoms with van der Waals surface area (Å²) in [5.74, 6) is 0.512. The van der Waals surface area contributed by atoms with Gasteiger partial charge in [0.1, 0.15) is 17.1 Å². The Balaban J connectivity index is 1.65. The number of carbonyl (C=O) groups excluding carboxylic acids is 2. The summed E-state index contributed by atoms with van der Waals surface area (Å²) >= 11 is 0. The summed E-state index contributed by atoms with van der Waals surface area (Å²) in [5, 5.41) is 10.2. The third-order valence-electron chi connectivity index (χ3n) is 6.44. The van der Waals surface area contributed by atoms with Crippen LogP contribution in [-0.4, -0.2) is 44.5 Å². The minimum absolute atomic E-state index is 0.206. The number of aliphatic hydroxyl groups is 1. The number of allylic oxidation sites excluding steroid dienone is 1. The normalized spacial score (nSPS) is 13.2. The van der Waals surface area contributed by atoms with Gasteiger partial charge in [0, 0.05) is 16.5 Å². The number of hydrogen-bond acceptors (Lipinski definition) is 8. The Kier molecular flexibility index (Phi) is 8.50. The van der Waals surface area contributed by atoms with E-state index in [1.807, 2.05) is 24.3 Å². The van der Waals surface area contributed by atoms with E-state index in [4.69, 9.17) is 23.4 Å². The van der Waals surface area contributed by atoms with E-state index in [1.165, 1.54) is 7.11 Å². The van der Waals surface area contributed by atoms with Crippen LogP contribution in [0.3, 0.4) is 0 Å². The van der Waals surface area contributed by atoms with Crippen molar-refractivity contribution in [3.05, 3.63) is 64.4 Å². The van der Waals surface area contributed by atoms with Crippen molar-refractivity contribution in [2.75, 3.05) is 27.4 Å². The van der Waals surface area contributed by atoms with E-state index in [9.17, 15) is 14.7 Å². The predicted octanol–water partition coefficient (Wildman–Crippen LogP) is 5.23. The fraction of sp³-hybridized carbons (Fsp3) is 0.379. The maximum absolute atomic E-state index is 13.5. The SMILES string of the molecule is CCOC(=O)C1=C(c2oc3c(OC)cc(CO)cc3c2C(=O)OCCCc2ccc(OC)cc2)CCC1. The molecule has 1 aromatic heterocycles. The first-order valence-electron chi connectivity index (χ1n) is 12.4. The molecule has 0 radical (unpaired) electrons. The minimum Gasteiger partial charge on any atom is -0.497 e. The van der Waals surface area contributed by atoms with Gasteiger partial charge in [0.15, 0.2) is 11.3 Å². The number of rotatable bonds is 11. The number of aryl methyl sites for hydroxylation is 1. The van der Waals surface area contributed by atoms with E-state index in [0.29, 0.717) is 58.5 Å². The predicted molar refractivity (Wildman–Crippen MR) is 138 cm³/mol. The van der Waals surface area contributed by atoms with Gasteiger partial charge in [0.25, 0.3) is 0 Å². The van der Waals surface area contributed by atoms with Gasteiger partial charge >= 0.3 is 11.9 Å². The Hall–Kier alpha value is -3.78. The number of methoxy groups -OCH3 is 2. The highest BCUT2D eigenvalue weighted by molar-refractivity contribution is 6.10. The van der Waals surface area contributed by atoms with Gasteiger partial charge in [-0.2, -0.15) is 0 Å². The van der Waals surface area contributed by atoms with Crippen molar-refractivity contribution < 1.29 is 38.1 Å². The summed E-state index contributed by atoms with van der Waals surface area (Å²) in [6.45, 7) is 1.98. The smallest absolute Gasteiger partial charge is 0.342 e. The highest BCUT2D eigenvalue weighted by atomic mass is 16.5. The Morgan fingerprint density at radius 2 is 1.76 bits per heavy atom. The number of ether oxygens (including phenoxy) is 4. The summed E-state index contributed by atoms with van der Waals surface area (Å²) < 4.78 is 27.8. The second-order valence-corrected chi connectivity index (χ2v) is 8.76. The number of carbonyl (C=O) groups is 2. The zero-order valence-corrected chi connectivity index (χ0v) is 21.4. The fourth-order valence-corrected chi connectivity index (χ4v) is 4.63. The molecule has 0 amide bonds. The molecule has 3 aromatic rings. The molecule has 2 aromatic carbocycles. The molecule has 0 unspecified atom stereocenters. The summed E-state index contributed by atoms with van der Waals surface area (Å²) in [6.07, 6.45) is 3.22. The summed E-state index contributed by atoms with van der Waals surface area (Å²) in [5.41, 5.74) is 3.42. The van der Waals surface area contributed by atoms with Gasteiger partial charge in [-0.25, -0.2) is 9.59 Å². The maximum Gasteiger partial charge on any atom is 0.342 e. The molecule has 0 aliphatic heterocycles. The quantitative estimate of drug-likeness (QED) is 0.277. The number of furan rings is 1. The molecule has 0 bridgehead atoms. The Morgan fingerprint density at radius 3 is 2.43 bits per heavy atom. The van der Waals surface area contributed by atoms with Crippen LogP contribution in [0.5, 0.6) is 11.5 Å². The van der Waals surface area contributed by atoms with Crippen molar-refractivity contribution >= 4 is 28.5 Å². The van der Waals surface area contributed by atoms with Gasteiger partial charge in [-0.1, -0.05) is 12.1 Å². The van der Waals surface area contributed by atoms with Crippen LogP contribution < -0.4 is 9.47 Å². The average Bonchev–Trinajstić information content (AvgIpc) is 3.56. The fourth-order valence-electron chi connectivity index (χ4n) is 4.63. The summed E-state index contributed by atoms with van der Waals surface area (Å²) in [7, 11) is 3.12. The molecule has 196 valence electrons. The molecule has 8 heteroatoms. The average molecular weight is 509 g/mol. The number of fused-ring (bicyclic) bond motifs is 1. The van der Waals surface area contributed by atoms with Crippen molar-refractivity contribution in [3.63, 3.8) is 0 Å². The molecule has 1 N–H and O–H groups in total. The van der Waals surface area contributed by atoms with Gasteiger partial charge in [-0.15, -0.1) is 0 Å². The van der Waals surface area contributed by atoms with E-state index in [1.54, 1.807) is 26.2 Å². The lowest BCUT2D eigenvalue weighted by molar-refractivity contribution is -0.138. The van der Waals surface area contributed by atoms with Crippen LogP contribution in [0.4, 0.5) is 0 Å². The van der Waals surface area contributed by atoms with Crippen LogP contribution in [0.2, 0.25) is 0 Å². The van der Waals surface area contributed by atoms with E-state index in [2.05, 4.69) is 0 Å². The molecule has 1 aliphatic rings. The second kappa shape index (κ2) is 12.0. The van der Waals surface area contributed by atoms with E-state index < -0.39 is 11.9 Å². The lowest BCUT2D eigenvalue weighted by atomic mass is 10.0. The number of esters is 2. The Bertz CT molecular complexity index is 1300. The van der Waals surface area contributed by atoms with Crippen LogP contribution >= 0.6 is 0 Å². The molecule has 0 fully saturated rings. The van der Waals surface area contributed by atoms with Crippen LogP contribution in [-0.2, 0) is 27.3 Å². The van der Waals surface area contributed by atoms with Crippen LogP contribution in [0.15, 0.2) is 46.4 Å². The molecule has 0 atom stereocenters. The van der Waals surface area contributed by atoms with Gasteiger partial charge in [-0.3, -0.25) is 0 Å². The molecule has 1 heterocycles. The highest BCUT2D eigenvalue weighted by Gasteiger charge is 2.32. The zero-order valence-electron chi connectivity index (χ0n) is 21.4. The molecule has 8 nitrogen and oxygen atoms in total. The summed E-state index contributed by atoms with van der Waals surface area (Å²) in [4.78, 5) is 26.1. The maximum atomic E-state index is 13.5. The van der Waals surface area contributed by atoms with E-state index in [-0.39, 0.29) is 25.4 Å². The first-order chi connectivity index (χ1) is 18.0. The van der Waals surface area contributed by atoms with Crippen molar-refractivity contribution in [2.24, 2.45) is 0 Å². The summed E-state index contributed by atoms with van der Waals surface area (Å²) in [6, 6.07) is 11.1. The molecule has 0 spiro atoms. The van der Waals surface area contributed by atoms with Crippen molar-refractivity contribution in [3.8, 4) is 11.5 Å². The van der Waals surface area contributed by atoms with E-state index in [0.717, 1.165) is 24.2 Å². The molecule has 0 saturated carbocycles. The van der Waals surface area contributed by atoms with Crippen LogP contribution in [0.25, 0.3) is 16.5 Å². The lowest BCUT2D eigenvalue weighted by Crippen LogP contribution is -2.10.